The van der Waals surface area contributed by atoms with Crippen LogP contribution in [0.4, 0.5) is 16.2 Å². The van der Waals surface area contributed by atoms with Crippen LogP contribution in [0.25, 0.3) is 0 Å². The lowest BCUT2D eigenvalue weighted by atomic mass is 10.2. The number of amides is 3. The van der Waals surface area contributed by atoms with Crippen molar-refractivity contribution >= 4 is 52.2 Å². The highest BCUT2D eigenvalue weighted by molar-refractivity contribution is 7.18. The normalized spacial score (nSPS) is 19.4. The van der Waals surface area contributed by atoms with Crippen molar-refractivity contribution < 1.29 is 23.9 Å². The van der Waals surface area contributed by atoms with E-state index in [4.69, 9.17) is 21.1 Å². The van der Waals surface area contributed by atoms with Crippen molar-refractivity contribution in [2.75, 3.05) is 42.6 Å². The summed E-state index contributed by atoms with van der Waals surface area (Å²) in [5, 5.41) is 2.76. The number of ether oxygens (including phenoxy) is 2. The lowest BCUT2D eigenvalue weighted by molar-refractivity contribution is -0.125. The topological polar surface area (TPSA) is 88.2 Å². The molecule has 0 unspecified atom stereocenters. The van der Waals surface area contributed by atoms with Crippen LogP contribution in [0.15, 0.2) is 36.4 Å². The highest BCUT2D eigenvalue weighted by Gasteiger charge is 2.33. The van der Waals surface area contributed by atoms with Crippen molar-refractivity contribution in [3.05, 3.63) is 45.6 Å². The fourth-order valence-corrected chi connectivity index (χ4v) is 4.15. The summed E-state index contributed by atoms with van der Waals surface area (Å²) in [4.78, 5) is 40.2. The van der Waals surface area contributed by atoms with Crippen LogP contribution in [0.3, 0.4) is 0 Å². The van der Waals surface area contributed by atoms with Crippen LogP contribution in [0.1, 0.15) is 9.67 Å². The number of morpholine rings is 1. The summed E-state index contributed by atoms with van der Waals surface area (Å²) >= 11 is 7.03. The second-order valence-corrected chi connectivity index (χ2v) is 8.26. The summed E-state index contributed by atoms with van der Waals surface area (Å²) in [5.41, 5.74) is 1.33. The Balaban J connectivity index is 1.39. The first-order valence-corrected chi connectivity index (χ1v) is 10.2. The van der Waals surface area contributed by atoms with E-state index in [0.29, 0.717) is 40.3 Å². The maximum Gasteiger partial charge on any atom is 0.414 e. The molecule has 0 spiro atoms. The molecule has 2 saturated heterocycles. The van der Waals surface area contributed by atoms with Gasteiger partial charge in [-0.1, -0.05) is 17.7 Å². The van der Waals surface area contributed by atoms with E-state index < -0.39 is 12.2 Å². The largest absolute Gasteiger partial charge is 0.442 e. The summed E-state index contributed by atoms with van der Waals surface area (Å²) in [6, 6.07) is 10.5. The number of cyclic esters (lactones) is 1. The smallest absolute Gasteiger partial charge is 0.414 e. The predicted octanol–water partition coefficient (Wildman–Crippen LogP) is 2.52. The average Bonchev–Trinajstić information content (AvgIpc) is 3.32. The number of nitrogens with zero attached hydrogens (tertiary/aromatic N) is 2. The molecular weight excluding hydrogens is 418 g/mol. The Morgan fingerprint density at radius 1 is 1.21 bits per heavy atom. The van der Waals surface area contributed by atoms with Crippen LogP contribution >= 0.6 is 22.9 Å². The number of hydrogen-bond acceptors (Lipinski definition) is 6. The zero-order valence-corrected chi connectivity index (χ0v) is 16.9. The van der Waals surface area contributed by atoms with E-state index in [2.05, 4.69) is 5.32 Å². The number of thiophene rings is 1. The molecule has 1 atom stereocenters. The monoisotopic (exact) mass is 435 g/mol. The lowest BCUT2D eigenvalue weighted by Crippen LogP contribution is -2.41. The minimum absolute atomic E-state index is 0.0488. The van der Waals surface area contributed by atoms with Crippen LogP contribution in [-0.2, 0) is 14.3 Å². The number of halogens is 1. The number of nitrogens with one attached hydrogen (secondary N) is 1. The zero-order chi connectivity index (χ0) is 20.4. The molecule has 8 nitrogen and oxygen atoms in total. The van der Waals surface area contributed by atoms with Gasteiger partial charge in [-0.25, -0.2) is 4.79 Å². The van der Waals surface area contributed by atoms with Gasteiger partial charge in [-0.05, 0) is 30.3 Å². The first-order valence-electron chi connectivity index (χ1n) is 9.01. The molecule has 2 aliphatic rings. The van der Waals surface area contributed by atoms with Gasteiger partial charge in [0.05, 0.1) is 28.9 Å². The van der Waals surface area contributed by atoms with E-state index >= 15 is 0 Å². The quantitative estimate of drug-likeness (QED) is 0.779. The first-order chi connectivity index (χ1) is 14.0. The van der Waals surface area contributed by atoms with Gasteiger partial charge in [0.1, 0.15) is 12.7 Å². The maximum atomic E-state index is 12.3. The van der Waals surface area contributed by atoms with Gasteiger partial charge in [0.2, 0.25) is 0 Å². The number of benzene rings is 1. The molecule has 1 aromatic carbocycles. The second-order valence-electron chi connectivity index (χ2n) is 6.55. The molecule has 0 bridgehead atoms. The van der Waals surface area contributed by atoms with Crippen molar-refractivity contribution in [2.24, 2.45) is 0 Å². The third-order valence-electron chi connectivity index (χ3n) is 4.60. The van der Waals surface area contributed by atoms with Crippen molar-refractivity contribution in [1.82, 2.24) is 5.32 Å². The second kappa shape index (κ2) is 8.40. The van der Waals surface area contributed by atoms with Crippen molar-refractivity contribution in [3.8, 4) is 0 Å². The summed E-state index contributed by atoms with van der Waals surface area (Å²) in [7, 11) is 0. The lowest BCUT2D eigenvalue weighted by Gasteiger charge is -2.27. The van der Waals surface area contributed by atoms with Gasteiger partial charge in [0.25, 0.3) is 11.8 Å². The minimum atomic E-state index is -0.492. The van der Waals surface area contributed by atoms with E-state index in [0.717, 1.165) is 0 Å². The number of hydrogen-bond donors (Lipinski definition) is 1. The Morgan fingerprint density at radius 3 is 2.72 bits per heavy atom. The van der Waals surface area contributed by atoms with Gasteiger partial charge >= 0.3 is 6.09 Å². The summed E-state index contributed by atoms with van der Waals surface area (Å²) in [6.07, 6.45) is -0.968. The summed E-state index contributed by atoms with van der Waals surface area (Å²) in [6.45, 7) is 1.48. The molecule has 152 valence electrons. The Labute approximate surface area is 175 Å². The highest BCUT2D eigenvalue weighted by atomic mass is 35.5. The predicted molar refractivity (Wildman–Crippen MR) is 109 cm³/mol. The molecule has 1 N–H and O–H groups in total. The van der Waals surface area contributed by atoms with Crippen LogP contribution < -0.4 is 15.1 Å². The number of carbonyl (C=O) groups is 3. The van der Waals surface area contributed by atoms with Gasteiger partial charge in [-0.15, -0.1) is 11.3 Å². The number of carbonyl (C=O) groups excluding carboxylic acids is 3. The van der Waals surface area contributed by atoms with Gasteiger partial charge in [0.15, 0.2) is 0 Å². The third-order valence-corrected chi connectivity index (χ3v) is 5.83. The Bertz CT molecular complexity index is 949. The average molecular weight is 436 g/mol. The minimum Gasteiger partial charge on any atom is -0.442 e. The SMILES string of the molecule is O=C(NC[C@H]1CN(c2cccc(N3CCOCC3=O)c2)C(=O)O1)c1ccc(Cl)s1. The van der Waals surface area contributed by atoms with Gasteiger partial charge < -0.3 is 19.7 Å². The number of rotatable bonds is 5. The molecule has 4 rings (SSSR count). The zero-order valence-electron chi connectivity index (χ0n) is 15.3. The molecule has 10 heteroatoms. The number of anilines is 2. The van der Waals surface area contributed by atoms with E-state index in [-0.39, 0.29) is 25.0 Å². The van der Waals surface area contributed by atoms with Crippen LogP contribution in [0, 0.1) is 0 Å². The molecule has 1 aromatic heterocycles. The van der Waals surface area contributed by atoms with E-state index in [1.165, 1.54) is 16.2 Å². The molecule has 0 saturated carbocycles. The highest BCUT2D eigenvalue weighted by Crippen LogP contribution is 2.27. The van der Waals surface area contributed by atoms with Crippen molar-refractivity contribution in [2.45, 2.75) is 6.10 Å². The molecule has 2 aliphatic heterocycles. The Kier molecular flexibility index (Phi) is 5.70. The maximum absolute atomic E-state index is 12.3. The summed E-state index contributed by atoms with van der Waals surface area (Å²) < 4.78 is 11.1. The van der Waals surface area contributed by atoms with Crippen molar-refractivity contribution in [1.29, 1.82) is 0 Å². The fourth-order valence-electron chi connectivity index (χ4n) is 3.19. The molecule has 3 amide bonds. The summed E-state index contributed by atoms with van der Waals surface area (Å²) in [5.74, 6) is -0.379. The molecule has 29 heavy (non-hydrogen) atoms. The fraction of sp³-hybridized carbons (Fsp3) is 0.316. The van der Waals surface area contributed by atoms with E-state index in [1.807, 2.05) is 6.07 Å². The molecule has 2 fully saturated rings. The molecule has 3 heterocycles. The van der Waals surface area contributed by atoms with Crippen LogP contribution in [-0.4, -0.2) is 56.9 Å². The van der Waals surface area contributed by atoms with Gasteiger partial charge in [0, 0.05) is 17.9 Å². The molecule has 2 aromatic rings. The Morgan fingerprint density at radius 2 is 2.00 bits per heavy atom. The van der Waals surface area contributed by atoms with Crippen LogP contribution in [0.2, 0.25) is 4.34 Å². The molecule has 0 aliphatic carbocycles. The molecule has 0 radical (unpaired) electrons. The molecular formula is C19H18ClN3O5S. The first kappa shape index (κ1) is 19.7. The van der Waals surface area contributed by atoms with E-state index in [9.17, 15) is 14.4 Å². The van der Waals surface area contributed by atoms with Gasteiger partial charge in [-0.3, -0.25) is 14.5 Å². The third kappa shape index (κ3) is 4.36. The van der Waals surface area contributed by atoms with Crippen molar-refractivity contribution in [3.63, 3.8) is 0 Å². The van der Waals surface area contributed by atoms with Crippen LogP contribution in [0.5, 0.6) is 0 Å². The Hall–Kier alpha value is -2.62. The van der Waals surface area contributed by atoms with Gasteiger partial charge in [-0.2, -0.15) is 0 Å². The van der Waals surface area contributed by atoms with E-state index in [1.54, 1.807) is 35.2 Å². The standard InChI is InChI=1S/C19H18ClN3O5S/c20-16-5-4-15(29-16)18(25)21-9-14-10-23(19(26)28-14)13-3-1-2-12(8-13)22-6-7-27-11-17(22)24/h1-5,8,14H,6-7,9-11H2,(H,21,25)/t14-/m0/s1.